The maximum absolute atomic E-state index is 10.9. The summed E-state index contributed by atoms with van der Waals surface area (Å²) in [6.07, 6.45) is 0. The zero-order valence-electron chi connectivity index (χ0n) is 12.5. The minimum absolute atomic E-state index is 0.289. The molecule has 0 aliphatic carbocycles. The number of carboxylic acids is 1. The number of rotatable bonds is 3. The van der Waals surface area contributed by atoms with Gasteiger partial charge in [-0.25, -0.2) is 9.78 Å². The molecule has 2 aromatic heterocycles. The van der Waals surface area contributed by atoms with E-state index in [4.69, 9.17) is 9.52 Å². The van der Waals surface area contributed by atoms with Gasteiger partial charge in [-0.15, -0.1) is 0 Å². The highest BCUT2D eigenvalue weighted by molar-refractivity contribution is 5.86. The molecule has 0 radical (unpaired) electrons. The normalized spacial score (nSPS) is 10.8. The van der Waals surface area contributed by atoms with Gasteiger partial charge in [-0.2, -0.15) is 4.98 Å². The highest BCUT2D eigenvalue weighted by Crippen LogP contribution is 2.25. The molecule has 5 heteroatoms. The lowest BCUT2D eigenvalue weighted by molar-refractivity contribution is 0.0656. The first kappa shape index (κ1) is 14.1. The zero-order chi connectivity index (χ0) is 16.5. The van der Waals surface area contributed by atoms with Crippen molar-refractivity contribution in [3.8, 4) is 22.4 Å². The van der Waals surface area contributed by atoms with Gasteiger partial charge in [0.05, 0.1) is 5.69 Å². The van der Waals surface area contributed by atoms with Crippen LogP contribution in [0.5, 0.6) is 0 Å². The van der Waals surface area contributed by atoms with Gasteiger partial charge >= 0.3 is 11.9 Å². The summed E-state index contributed by atoms with van der Waals surface area (Å²) in [5.41, 5.74) is 4.56. The minimum atomic E-state index is -1.21. The highest BCUT2D eigenvalue weighted by atomic mass is 16.4. The molecule has 2 aromatic carbocycles. The summed E-state index contributed by atoms with van der Waals surface area (Å²) in [6.45, 7) is 0. The monoisotopic (exact) mass is 316 g/mol. The second-order valence-corrected chi connectivity index (χ2v) is 5.29. The summed E-state index contributed by atoms with van der Waals surface area (Å²) in [5, 5.41) is 8.93. The topological polar surface area (TPSA) is 76.2 Å². The second-order valence-electron chi connectivity index (χ2n) is 5.29. The number of benzene rings is 2. The maximum Gasteiger partial charge on any atom is 0.392 e. The van der Waals surface area contributed by atoms with E-state index < -0.39 is 5.97 Å². The number of hydrogen-bond donors (Lipinski definition) is 1. The number of pyridine rings is 1. The Morgan fingerprint density at radius 3 is 2.17 bits per heavy atom. The van der Waals surface area contributed by atoms with E-state index in [-0.39, 0.29) is 11.5 Å². The van der Waals surface area contributed by atoms with Gasteiger partial charge in [-0.1, -0.05) is 54.6 Å². The van der Waals surface area contributed by atoms with Crippen molar-refractivity contribution in [1.82, 2.24) is 9.97 Å². The van der Waals surface area contributed by atoms with E-state index in [0.717, 1.165) is 16.7 Å². The third kappa shape index (κ3) is 2.52. The Labute approximate surface area is 137 Å². The van der Waals surface area contributed by atoms with Gasteiger partial charge in [0, 0.05) is 5.56 Å². The first-order valence-corrected chi connectivity index (χ1v) is 7.37. The van der Waals surface area contributed by atoms with Gasteiger partial charge in [-0.3, -0.25) is 0 Å². The quantitative estimate of drug-likeness (QED) is 0.611. The molecule has 0 fully saturated rings. The average molecular weight is 316 g/mol. The SMILES string of the molecule is O=C(O)c1nc2nc(-c3ccc(-c4ccccc4)cc3)ccc2o1. The van der Waals surface area contributed by atoms with Gasteiger partial charge in [0.15, 0.2) is 11.2 Å². The molecule has 0 spiro atoms. The van der Waals surface area contributed by atoms with Gasteiger partial charge in [0.1, 0.15) is 0 Å². The zero-order valence-corrected chi connectivity index (χ0v) is 12.5. The molecule has 0 saturated heterocycles. The van der Waals surface area contributed by atoms with Crippen molar-refractivity contribution in [2.75, 3.05) is 0 Å². The fourth-order valence-electron chi connectivity index (χ4n) is 2.53. The van der Waals surface area contributed by atoms with Crippen molar-refractivity contribution >= 4 is 17.2 Å². The summed E-state index contributed by atoms with van der Waals surface area (Å²) in [7, 11) is 0. The predicted octanol–water partition coefficient (Wildman–Crippen LogP) is 4.26. The lowest BCUT2D eigenvalue weighted by Gasteiger charge is -2.04. The summed E-state index contributed by atoms with van der Waals surface area (Å²) in [6, 6.07) is 21.6. The van der Waals surface area contributed by atoms with E-state index in [1.807, 2.05) is 42.5 Å². The average Bonchev–Trinajstić information content (AvgIpc) is 3.06. The minimum Gasteiger partial charge on any atom is -0.474 e. The molecule has 0 aliphatic heterocycles. The molecular weight excluding hydrogens is 304 g/mol. The van der Waals surface area contributed by atoms with Crippen LogP contribution in [0, 0.1) is 0 Å². The van der Waals surface area contributed by atoms with E-state index in [1.165, 1.54) is 0 Å². The highest BCUT2D eigenvalue weighted by Gasteiger charge is 2.14. The second kappa shape index (κ2) is 5.62. The van der Waals surface area contributed by atoms with E-state index >= 15 is 0 Å². The molecule has 0 atom stereocenters. The third-order valence-electron chi connectivity index (χ3n) is 3.72. The molecule has 0 bridgehead atoms. The molecular formula is C19H12N2O3. The lowest BCUT2D eigenvalue weighted by Crippen LogP contribution is -1.95. The number of aromatic carboxylic acids is 1. The Morgan fingerprint density at radius 1 is 0.792 bits per heavy atom. The number of hydrogen-bond acceptors (Lipinski definition) is 4. The van der Waals surface area contributed by atoms with E-state index in [2.05, 4.69) is 22.1 Å². The van der Waals surface area contributed by atoms with Crippen LogP contribution in [0.25, 0.3) is 33.6 Å². The van der Waals surface area contributed by atoms with E-state index in [0.29, 0.717) is 11.3 Å². The van der Waals surface area contributed by atoms with Crippen LogP contribution in [-0.2, 0) is 0 Å². The van der Waals surface area contributed by atoms with Crippen LogP contribution in [-0.4, -0.2) is 21.0 Å². The molecule has 4 rings (SSSR count). The number of aromatic nitrogens is 2. The van der Waals surface area contributed by atoms with Crippen LogP contribution < -0.4 is 0 Å². The van der Waals surface area contributed by atoms with Crippen LogP contribution in [0.3, 0.4) is 0 Å². The van der Waals surface area contributed by atoms with Gasteiger partial charge in [0.2, 0.25) is 0 Å². The standard InChI is InChI=1S/C19H12N2O3/c22-19(23)18-21-17-16(24-18)11-10-15(20-17)14-8-6-13(7-9-14)12-4-2-1-3-5-12/h1-11H,(H,22,23). The number of nitrogens with zero attached hydrogens (tertiary/aromatic N) is 2. The van der Waals surface area contributed by atoms with E-state index in [9.17, 15) is 4.79 Å². The molecule has 2 heterocycles. The summed E-state index contributed by atoms with van der Waals surface area (Å²) < 4.78 is 5.12. The Balaban J connectivity index is 1.70. The molecule has 0 aliphatic rings. The fraction of sp³-hybridized carbons (Fsp3) is 0. The molecule has 0 amide bonds. The Bertz CT molecular complexity index is 1020. The van der Waals surface area contributed by atoms with Crippen molar-refractivity contribution < 1.29 is 14.3 Å². The molecule has 0 unspecified atom stereocenters. The first-order valence-electron chi connectivity index (χ1n) is 7.37. The molecule has 24 heavy (non-hydrogen) atoms. The Kier molecular flexibility index (Phi) is 3.31. The van der Waals surface area contributed by atoms with Crippen LogP contribution in [0.2, 0.25) is 0 Å². The van der Waals surface area contributed by atoms with E-state index in [1.54, 1.807) is 12.1 Å². The maximum atomic E-state index is 10.9. The summed E-state index contributed by atoms with van der Waals surface area (Å²) in [4.78, 5) is 19.2. The van der Waals surface area contributed by atoms with Crippen LogP contribution in [0.4, 0.5) is 0 Å². The predicted molar refractivity (Wildman–Crippen MR) is 89.6 cm³/mol. The van der Waals surface area contributed by atoms with Crippen molar-refractivity contribution in [3.63, 3.8) is 0 Å². The fourth-order valence-corrected chi connectivity index (χ4v) is 2.53. The van der Waals surface area contributed by atoms with Gasteiger partial charge < -0.3 is 9.52 Å². The Morgan fingerprint density at radius 2 is 1.46 bits per heavy atom. The van der Waals surface area contributed by atoms with Crippen molar-refractivity contribution in [1.29, 1.82) is 0 Å². The van der Waals surface area contributed by atoms with Crippen molar-refractivity contribution in [2.24, 2.45) is 0 Å². The molecule has 4 aromatic rings. The summed E-state index contributed by atoms with van der Waals surface area (Å²) >= 11 is 0. The lowest BCUT2D eigenvalue weighted by atomic mass is 10.0. The molecule has 116 valence electrons. The van der Waals surface area contributed by atoms with Crippen molar-refractivity contribution in [3.05, 3.63) is 72.6 Å². The largest absolute Gasteiger partial charge is 0.474 e. The smallest absolute Gasteiger partial charge is 0.392 e. The molecule has 1 N–H and O–H groups in total. The molecule has 0 saturated carbocycles. The third-order valence-corrected chi connectivity index (χ3v) is 3.72. The van der Waals surface area contributed by atoms with Gasteiger partial charge in [0.25, 0.3) is 0 Å². The number of carbonyl (C=O) groups is 1. The van der Waals surface area contributed by atoms with Crippen LogP contribution in [0.15, 0.2) is 71.1 Å². The number of fused-ring (bicyclic) bond motifs is 1. The number of carboxylic acid groups (broad SMARTS) is 1. The Hall–Kier alpha value is -3.47. The van der Waals surface area contributed by atoms with Crippen LogP contribution in [0.1, 0.15) is 10.7 Å². The van der Waals surface area contributed by atoms with Gasteiger partial charge in [-0.05, 0) is 23.3 Å². The van der Waals surface area contributed by atoms with Crippen LogP contribution >= 0.6 is 0 Å². The molecule has 5 nitrogen and oxygen atoms in total. The first-order chi connectivity index (χ1) is 11.7. The van der Waals surface area contributed by atoms with Crippen molar-refractivity contribution in [2.45, 2.75) is 0 Å². The summed E-state index contributed by atoms with van der Waals surface area (Å²) in [5.74, 6) is -1.56. The number of oxazole rings is 1.